The smallest absolute Gasteiger partial charge is 0.462 e. The van der Waals surface area contributed by atoms with Crippen LogP contribution in [0.15, 0.2) is 97.2 Å². The molecule has 0 bridgehead atoms. The van der Waals surface area contributed by atoms with Crippen molar-refractivity contribution in [2.75, 3.05) is 13.2 Å². The van der Waals surface area contributed by atoms with E-state index in [1.807, 2.05) is 36.5 Å². The van der Waals surface area contributed by atoms with Crippen LogP contribution in [-0.4, -0.2) is 41.0 Å². The van der Waals surface area contributed by atoms with Gasteiger partial charge in [-0.15, -0.1) is 0 Å². The first kappa shape index (κ1) is 44.0. The molecule has 0 spiro atoms. The number of esters is 2. The van der Waals surface area contributed by atoms with E-state index in [0.29, 0.717) is 12.8 Å². The maximum Gasteiger partial charge on any atom is 0.469 e. The molecule has 264 valence electrons. The Morgan fingerprint density at radius 3 is 1.64 bits per heavy atom. The van der Waals surface area contributed by atoms with E-state index in [1.165, 1.54) is 0 Å². The quantitative estimate of drug-likeness (QED) is 0.0265. The summed E-state index contributed by atoms with van der Waals surface area (Å²) in [5.41, 5.74) is 0. The lowest BCUT2D eigenvalue weighted by Gasteiger charge is -2.18. The Morgan fingerprint density at radius 1 is 0.574 bits per heavy atom. The molecule has 2 N–H and O–H groups in total. The molecule has 0 rings (SSSR count). The van der Waals surface area contributed by atoms with Gasteiger partial charge in [0.1, 0.15) is 6.61 Å². The molecule has 1 unspecified atom stereocenters. The Hall–Kier alpha value is -3.03. The number of hydrogen-bond acceptors (Lipinski definition) is 6. The lowest BCUT2D eigenvalue weighted by molar-refractivity contribution is -0.161. The highest BCUT2D eigenvalue weighted by Crippen LogP contribution is 2.35. The largest absolute Gasteiger partial charge is 0.469 e. The summed E-state index contributed by atoms with van der Waals surface area (Å²) in [6, 6.07) is 0. The van der Waals surface area contributed by atoms with E-state index < -0.39 is 32.5 Å². The maximum absolute atomic E-state index is 12.3. The van der Waals surface area contributed by atoms with Crippen molar-refractivity contribution in [3.8, 4) is 0 Å². The van der Waals surface area contributed by atoms with Crippen LogP contribution >= 0.6 is 7.82 Å². The second-order valence-electron chi connectivity index (χ2n) is 10.8. The molecule has 0 radical (unpaired) electrons. The molecule has 0 aliphatic heterocycles. The number of carbonyl (C=O) groups excluding carboxylic acids is 2. The monoisotopic (exact) mass is 674 g/mol. The van der Waals surface area contributed by atoms with Gasteiger partial charge in [0, 0.05) is 12.8 Å². The third-order valence-electron chi connectivity index (χ3n) is 6.44. The molecule has 0 aliphatic rings. The lowest BCUT2D eigenvalue weighted by atomic mass is 10.1. The zero-order valence-electron chi connectivity index (χ0n) is 28.6. The van der Waals surface area contributed by atoms with Crippen LogP contribution in [-0.2, 0) is 28.2 Å². The van der Waals surface area contributed by atoms with Crippen molar-refractivity contribution in [3.05, 3.63) is 97.2 Å². The molecule has 0 heterocycles. The van der Waals surface area contributed by atoms with Crippen molar-refractivity contribution >= 4 is 19.8 Å². The number of carbonyl (C=O) groups is 2. The molecule has 0 aromatic rings. The molecule has 0 amide bonds. The summed E-state index contributed by atoms with van der Waals surface area (Å²) < 4.78 is 26.2. The number of rotatable bonds is 29. The zero-order valence-corrected chi connectivity index (χ0v) is 29.5. The minimum Gasteiger partial charge on any atom is -0.462 e. The molecule has 9 heteroatoms. The summed E-state index contributed by atoms with van der Waals surface area (Å²) in [5, 5.41) is 0. The third kappa shape index (κ3) is 35.7. The second-order valence-corrected chi connectivity index (χ2v) is 12.1. The van der Waals surface area contributed by atoms with Crippen molar-refractivity contribution < 1.29 is 37.9 Å². The van der Waals surface area contributed by atoms with Gasteiger partial charge >= 0.3 is 19.8 Å². The van der Waals surface area contributed by atoms with Crippen LogP contribution in [0.2, 0.25) is 0 Å². The summed E-state index contributed by atoms with van der Waals surface area (Å²) in [7, 11) is -4.77. The summed E-state index contributed by atoms with van der Waals surface area (Å²) in [5.74, 6) is -0.982. The van der Waals surface area contributed by atoms with Crippen LogP contribution in [0, 0.1) is 0 Å². The minimum absolute atomic E-state index is 0.152. The molecule has 0 aliphatic carbocycles. The molecular weight excluding hydrogens is 615 g/mol. The Balaban J connectivity index is 4.17. The lowest BCUT2D eigenvalue weighted by Crippen LogP contribution is -2.29. The Kier molecular flexibility index (Phi) is 30.8. The van der Waals surface area contributed by atoms with Crippen LogP contribution in [0.3, 0.4) is 0 Å². The Bertz CT molecular complexity index is 1080. The van der Waals surface area contributed by atoms with Gasteiger partial charge in [0.2, 0.25) is 0 Å². The maximum atomic E-state index is 12.3. The van der Waals surface area contributed by atoms with Crippen LogP contribution in [0.25, 0.3) is 0 Å². The van der Waals surface area contributed by atoms with E-state index in [9.17, 15) is 14.2 Å². The molecule has 0 fully saturated rings. The van der Waals surface area contributed by atoms with Gasteiger partial charge in [-0.3, -0.25) is 14.1 Å². The fourth-order valence-corrected chi connectivity index (χ4v) is 4.32. The van der Waals surface area contributed by atoms with Gasteiger partial charge in [-0.05, 0) is 70.6 Å². The van der Waals surface area contributed by atoms with Crippen LogP contribution < -0.4 is 0 Å². The van der Waals surface area contributed by atoms with Gasteiger partial charge in [0.25, 0.3) is 0 Å². The minimum atomic E-state index is -4.77. The number of hydrogen-bond donors (Lipinski definition) is 2. The normalized spacial score (nSPS) is 13.7. The van der Waals surface area contributed by atoms with Crippen molar-refractivity contribution in [3.63, 3.8) is 0 Å². The first-order valence-electron chi connectivity index (χ1n) is 17.1. The molecule has 8 nitrogen and oxygen atoms in total. The number of ether oxygens (including phenoxy) is 2. The predicted molar refractivity (Wildman–Crippen MR) is 193 cm³/mol. The first-order valence-corrected chi connectivity index (χ1v) is 18.6. The highest BCUT2D eigenvalue weighted by molar-refractivity contribution is 7.46. The summed E-state index contributed by atoms with van der Waals surface area (Å²) in [6.45, 7) is 3.32. The molecule has 0 saturated carbocycles. The third-order valence-corrected chi connectivity index (χ3v) is 6.93. The molecule has 47 heavy (non-hydrogen) atoms. The molecule has 0 aromatic heterocycles. The van der Waals surface area contributed by atoms with E-state index in [0.717, 1.165) is 70.6 Å². The van der Waals surface area contributed by atoms with Gasteiger partial charge in [-0.1, -0.05) is 124 Å². The number of phosphoric ester groups is 1. The van der Waals surface area contributed by atoms with E-state index in [-0.39, 0.29) is 19.4 Å². The van der Waals surface area contributed by atoms with Gasteiger partial charge in [0.15, 0.2) is 6.10 Å². The van der Waals surface area contributed by atoms with E-state index >= 15 is 0 Å². The SMILES string of the molecule is CC/C=C/C=C/C=C/C=C/CCCCCC(=O)OC(COC(=O)CCCCC/C=C/C/C=C/C/C=C/C/C=C/CC)COP(=O)(O)O. The topological polar surface area (TPSA) is 119 Å². The summed E-state index contributed by atoms with van der Waals surface area (Å²) in [4.78, 5) is 42.6. The second kappa shape index (κ2) is 32.9. The summed E-state index contributed by atoms with van der Waals surface area (Å²) in [6.07, 6.45) is 44.2. The van der Waals surface area contributed by atoms with E-state index in [4.69, 9.17) is 19.3 Å². The first-order chi connectivity index (χ1) is 22.8. The molecule has 0 saturated heterocycles. The van der Waals surface area contributed by atoms with E-state index in [2.05, 4.69) is 79.1 Å². The Labute approximate surface area is 284 Å². The highest BCUT2D eigenvalue weighted by Gasteiger charge is 2.22. The van der Waals surface area contributed by atoms with Crippen LogP contribution in [0.1, 0.15) is 110 Å². The van der Waals surface area contributed by atoms with Gasteiger partial charge < -0.3 is 19.3 Å². The number of phosphoric acid groups is 1. The van der Waals surface area contributed by atoms with Crippen molar-refractivity contribution in [1.29, 1.82) is 0 Å². The highest BCUT2D eigenvalue weighted by atomic mass is 31.2. The van der Waals surface area contributed by atoms with E-state index in [1.54, 1.807) is 0 Å². The number of unbranched alkanes of at least 4 members (excludes halogenated alkanes) is 6. The average molecular weight is 675 g/mol. The molecular formula is C38H59O8P. The van der Waals surface area contributed by atoms with Gasteiger partial charge in [0.05, 0.1) is 6.61 Å². The van der Waals surface area contributed by atoms with Crippen molar-refractivity contribution in [2.45, 2.75) is 116 Å². The van der Waals surface area contributed by atoms with Crippen molar-refractivity contribution in [2.24, 2.45) is 0 Å². The summed E-state index contributed by atoms with van der Waals surface area (Å²) >= 11 is 0. The Morgan fingerprint density at radius 2 is 1.06 bits per heavy atom. The van der Waals surface area contributed by atoms with Crippen LogP contribution in [0.4, 0.5) is 0 Å². The standard InChI is InChI=1S/C38H59O8P/c1-3-5-7-9-11-13-15-17-18-19-21-22-24-26-28-30-32-37(39)44-34-36(35-45-47(41,42)43)46-38(40)33-31-29-27-25-23-20-16-14-12-10-8-6-4-2/h5-8,10-14,16-18,20-23,36H,3-4,9,15,19,24-35H2,1-2H3,(H2,41,42,43)/b7-5+,8-6+,12-10+,13-11+,16-14+,18-17+,22-21+,23-20+. The molecule has 1 atom stereocenters. The predicted octanol–water partition coefficient (Wildman–Crippen LogP) is 9.89. The van der Waals surface area contributed by atoms with Gasteiger partial charge in [-0.25, -0.2) is 4.57 Å². The number of allylic oxidation sites excluding steroid dienone is 16. The fraction of sp³-hybridized carbons (Fsp3) is 0.526. The molecule has 0 aromatic carbocycles. The average Bonchev–Trinajstić information content (AvgIpc) is 3.03. The van der Waals surface area contributed by atoms with Crippen LogP contribution in [0.5, 0.6) is 0 Å². The fourth-order valence-electron chi connectivity index (χ4n) is 3.96. The van der Waals surface area contributed by atoms with Gasteiger partial charge in [-0.2, -0.15) is 0 Å². The zero-order chi connectivity index (χ0) is 34.7. The van der Waals surface area contributed by atoms with Crippen molar-refractivity contribution in [1.82, 2.24) is 0 Å².